The van der Waals surface area contributed by atoms with Crippen molar-refractivity contribution in [2.45, 2.75) is 6.42 Å². The fourth-order valence-electron chi connectivity index (χ4n) is 2.16. The maximum absolute atomic E-state index is 5.72. The summed E-state index contributed by atoms with van der Waals surface area (Å²) in [6.07, 6.45) is 2.61. The zero-order valence-corrected chi connectivity index (χ0v) is 11.7. The molecular formula is C14H24N4O. The number of pyridine rings is 1. The fraction of sp³-hybridized carbons (Fsp3) is 0.643. The van der Waals surface area contributed by atoms with E-state index in [1.807, 2.05) is 12.1 Å². The maximum Gasteiger partial charge on any atom is 0.137 e. The molecule has 19 heavy (non-hydrogen) atoms. The van der Waals surface area contributed by atoms with Gasteiger partial charge in [-0.05, 0) is 25.7 Å². The van der Waals surface area contributed by atoms with Crippen molar-refractivity contribution in [2.75, 3.05) is 52.9 Å². The number of rotatable bonds is 6. The Morgan fingerprint density at radius 1 is 1.26 bits per heavy atom. The van der Waals surface area contributed by atoms with Gasteiger partial charge in [-0.25, -0.2) is 0 Å². The summed E-state index contributed by atoms with van der Waals surface area (Å²) in [5.74, 6) is 0.842. The lowest BCUT2D eigenvalue weighted by molar-refractivity contribution is 0.133. The third-order valence-electron chi connectivity index (χ3n) is 3.47. The Kier molecular flexibility index (Phi) is 5.57. The molecule has 5 nitrogen and oxygen atoms in total. The Hall–Kier alpha value is -1.17. The summed E-state index contributed by atoms with van der Waals surface area (Å²) in [5, 5.41) is 0. The van der Waals surface area contributed by atoms with Crippen LogP contribution in [0.5, 0.6) is 5.75 Å². The lowest BCUT2D eigenvalue weighted by Crippen LogP contribution is -2.45. The van der Waals surface area contributed by atoms with Crippen LogP contribution in [0.15, 0.2) is 18.3 Å². The van der Waals surface area contributed by atoms with Gasteiger partial charge in [-0.3, -0.25) is 9.88 Å². The third-order valence-corrected chi connectivity index (χ3v) is 3.47. The van der Waals surface area contributed by atoms with E-state index in [0.29, 0.717) is 6.54 Å². The second-order valence-electron chi connectivity index (χ2n) is 5.02. The Bertz CT molecular complexity index is 360. The first-order valence-electron chi connectivity index (χ1n) is 6.96. The number of piperazine rings is 1. The normalized spacial score (nSPS) is 17.6. The van der Waals surface area contributed by atoms with Gasteiger partial charge < -0.3 is 15.4 Å². The van der Waals surface area contributed by atoms with E-state index < -0.39 is 0 Å². The van der Waals surface area contributed by atoms with Crippen molar-refractivity contribution >= 4 is 0 Å². The molecule has 0 aliphatic carbocycles. The molecule has 0 bridgehead atoms. The lowest BCUT2D eigenvalue weighted by Gasteiger charge is -2.32. The summed E-state index contributed by atoms with van der Waals surface area (Å²) < 4.78 is 5.72. The summed E-state index contributed by atoms with van der Waals surface area (Å²) >= 11 is 0. The predicted molar refractivity (Wildman–Crippen MR) is 76.4 cm³/mol. The van der Waals surface area contributed by atoms with Crippen LogP contribution >= 0.6 is 0 Å². The van der Waals surface area contributed by atoms with Crippen LogP contribution in [0.25, 0.3) is 0 Å². The van der Waals surface area contributed by atoms with Crippen LogP contribution < -0.4 is 10.5 Å². The van der Waals surface area contributed by atoms with Gasteiger partial charge >= 0.3 is 0 Å². The van der Waals surface area contributed by atoms with Crippen molar-refractivity contribution in [3.8, 4) is 5.75 Å². The number of aromatic nitrogens is 1. The summed E-state index contributed by atoms with van der Waals surface area (Å²) in [6.45, 7) is 6.91. The van der Waals surface area contributed by atoms with E-state index in [1.54, 1.807) is 6.20 Å². The van der Waals surface area contributed by atoms with Gasteiger partial charge in [0.1, 0.15) is 12.4 Å². The number of hydrogen-bond acceptors (Lipinski definition) is 5. The minimum absolute atomic E-state index is 0.636. The van der Waals surface area contributed by atoms with Gasteiger partial charge in [-0.15, -0.1) is 0 Å². The largest absolute Gasteiger partial charge is 0.491 e. The van der Waals surface area contributed by atoms with Crippen LogP contribution in [0.3, 0.4) is 0 Å². The van der Waals surface area contributed by atoms with Crippen LogP contribution in [0.4, 0.5) is 0 Å². The molecule has 1 aliphatic heterocycles. The first-order chi connectivity index (χ1) is 9.28. The van der Waals surface area contributed by atoms with Gasteiger partial charge in [0.25, 0.3) is 0 Å². The maximum atomic E-state index is 5.72. The highest BCUT2D eigenvalue weighted by Gasteiger charge is 2.13. The van der Waals surface area contributed by atoms with E-state index in [0.717, 1.165) is 57.2 Å². The highest BCUT2D eigenvalue weighted by Crippen LogP contribution is 2.09. The van der Waals surface area contributed by atoms with Gasteiger partial charge in [0.05, 0.1) is 6.20 Å². The molecule has 106 valence electrons. The van der Waals surface area contributed by atoms with E-state index in [1.165, 1.54) is 0 Å². The molecule has 1 saturated heterocycles. The van der Waals surface area contributed by atoms with Crippen LogP contribution in [0, 0.1) is 0 Å². The second kappa shape index (κ2) is 7.43. The molecule has 1 aliphatic rings. The molecule has 0 saturated carbocycles. The Morgan fingerprint density at radius 2 is 2.05 bits per heavy atom. The molecule has 2 heterocycles. The molecule has 0 spiro atoms. The van der Waals surface area contributed by atoms with E-state index in [2.05, 4.69) is 21.8 Å². The summed E-state index contributed by atoms with van der Waals surface area (Å²) in [7, 11) is 2.17. The minimum Gasteiger partial charge on any atom is -0.491 e. The number of hydrogen-bond donors (Lipinski definition) is 1. The monoisotopic (exact) mass is 264 g/mol. The molecule has 2 rings (SSSR count). The SMILES string of the molecule is CN1CCN(CCOc2ccc(CCN)nc2)CC1. The number of nitrogens with zero attached hydrogens (tertiary/aromatic N) is 3. The standard InChI is InChI=1S/C14H24N4O/c1-17-6-8-18(9-7-17)10-11-19-14-3-2-13(4-5-15)16-12-14/h2-3,12H,4-11,15H2,1H3. The third kappa shape index (κ3) is 4.78. The van der Waals surface area contributed by atoms with E-state index >= 15 is 0 Å². The molecule has 0 amide bonds. The predicted octanol–water partition coefficient (Wildman–Crippen LogP) is 0.209. The minimum atomic E-state index is 0.636. The van der Waals surface area contributed by atoms with Crippen LogP contribution in [0.1, 0.15) is 5.69 Å². The topological polar surface area (TPSA) is 54.6 Å². The van der Waals surface area contributed by atoms with Gasteiger partial charge in [-0.2, -0.15) is 0 Å². The van der Waals surface area contributed by atoms with Crippen molar-refractivity contribution in [3.05, 3.63) is 24.0 Å². The van der Waals surface area contributed by atoms with Crippen molar-refractivity contribution in [1.82, 2.24) is 14.8 Å². The molecule has 1 aromatic rings. The zero-order chi connectivity index (χ0) is 13.5. The molecule has 1 aromatic heterocycles. The van der Waals surface area contributed by atoms with Gasteiger partial charge in [0, 0.05) is 44.8 Å². The smallest absolute Gasteiger partial charge is 0.137 e. The first kappa shape index (κ1) is 14.2. The summed E-state index contributed by atoms with van der Waals surface area (Å²) in [6, 6.07) is 3.96. The zero-order valence-electron chi connectivity index (χ0n) is 11.7. The van der Waals surface area contributed by atoms with Gasteiger partial charge in [0.2, 0.25) is 0 Å². The highest BCUT2D eigenvalue weighted by molar-refractivity contribution is 5.19. The first-order valence-corrected chi connectivity index (χ1v) is 6.96. The molecule has 5 heteroatoms. The Morgan fingerprint density at radius 3 is 2.68 bits per heavy atom. The van der Waals surface area contributed by atoms with Crippen LogP contribution in [-0.2, 0) is 6.42 Å². The molecule has 0 unspecified atom stereocenters. The van der Waals surface area contributed by atoms with E-state index in [4.69, 9.17) is 10.5 Å². The van der Waals surface area contributed by atoms with Crippen LogP contribution in [0.2, 0.25) is 0 Å². The Balaban J connectivity index is 1.67. The van der Waals surface area contributed by atoms with Crippen molar-refractivity contribution in [3.63, 3.8) is 0 Å². The fourth-order valence-corrected chi connectivity index (χ4v) is 2.16. The van der Waals surface area contributed by atoms with Gasteiger partial charge in [0.15, 0.2) is 0 Å². The average Bonchev–Trinajstić information content (AvgIpc) is 2.43. The molecule has 0 atom stereocenters. The van der Waals surface area contributed by atoms with Crippen molar-refractivity contribution in [2.24, 2.45) is 5.73 Å². The molecule has 0 radical (unpaired) electrons. The number of nitrogens with two attached hydrogens (primary N) is 1. The summed E-state index contributed by atoms with van der Waals surface area (Å²) in [4.78, 5) is 9.12. The summed E-state index contributed by atoms with van der Waals surface area (Å²) in [5.41, 5.74) is 6.51. The second-order valence-corrected chi connectivity index (χ2v) is 5.02. The molecule has 0 aromatic carbocycles. The van der Waals surface area contributed by atoms with E-state index in [-0.39, 0.29) is 0 Å². The molecular weight excluding hydrogens is 240 g/mol. The van der Waals surface area contributed by atoms with E-state index in [9.17, 15) is 0 Å². The lowest BCUT2D eigenvalue weighted by atomic mass is 10.3. The number of likely N-dealkylation sites (N-methyl/N-ethyl adjacent to an activating group) is 1. The molecule has 2 N–H and O–H groups in total. The number of ether oxygens (including phenoxy) is 1. The molecule has 1 fully saturated rings. The highest BCUT2D eigenvalue weighted by atomic mass is 16.5. The quantitative estimate of drug-likeness (QED) is 0.796. The van der Waals surface area contributed by atoms with Gasteiger partial charge in [-0.1, -0.05) is 0 Å². The van der Waals surface area contributed by atoms with Crippen molar-refractivity contribution in [1.29, 1.82) is 0 Å². The Labute approximate surface area is 115 Å². The van der Waals surface area contributed by atoms with Crippen molar-refractivity contribution < 1.29 is 4.74 Å². The van der Waals surface area contributed by atoms with Crippen LogP contribution in [-0.4, -0.2) is 67.7 Å². The average molecular weight is 264 g/mol.